The van der Waals surface area contributed by atoms with Crippen molar-refractivity contribution in [1.82, 2.24) is 0 Å². The standard InChI is InChI=1S/C23H31NO4/c1-14(2)17-9-8-10-18(15(3)4)22(17)24-21(25)13-16-11-19(26-5)23(28-7)20(12-16)27-6/h8-12,14-15H,13H2,1-7H3,(H,24,25). The van der Waals surface area contributed by atoms with Gasteiger partial charge in [-0.15, -0.1) is 0 Å². The fourth-order valence-corrected chi connectivity index (χ4v) is 3.30. The maximum Gasteiger partial charge on any atom is 0.228 e. The predicted octanol–water partition coefficient (Wildman–Crippen LogP) is 5.14. The molecule has 152 valence electrons. The Bertz CT molecular complexity index is 776. The van der Waals surface area contributed by atoms with Gasteiger partial charge in [-0.3, -0.25) is 4.79 Å². The molecule has 2 rings (SSSR count). The molecule has 2 aromatic rings. The van der Waals surface area contributed by atoms with Gasteiger partial charge in [-0.25, -0.2) is 0 Å². The van der Waals surface area contributed by atoms with Crippen LogP contribution in [0.25, 0.3) is 0 Å². The van der Waals surface area contributed by atoms with E-state index < -0.39 is 0 Å². The van der Waals surface area contributed by atoms with Crippen LogP contribution in [0.5, 0.6) is 17.2 Å². The molecule has 28 heavy (non-hydrogen) atoms. The second-order valence-electron chi connectivity index (χ2n) is 7.38. The van der Waals surface area contributed by atoms with Crippen LogP contribution in [0.3, 0.4) is 0 Å². The smallest absolute Gasteiger partial charge is 0.228 e. The minimum Gasteiger partial charge on any atom is -0.493 e. The van der Waals surface area contributed by atoms with Crippen molar-refractivity contribution in [2.24, 2.45) is 0 Å². The number of carbonyl (C=O) groups is 1. The van der Waals surface area contributed by atoms with Crippen LogP contribution >= 0.6 is 0 Å². The Labute approximate surface area is 168 Å². The fraction of sp³-hybridized carbons (Fsp3) is 0.435. The normalized spacial score (nSPS) is 10.9. The van der Waals surface area contributed by atoms with Gasteiger partial charge in [0, 0.05) is 5.69 Å². The lowest BCUT2D eigenvalue weighted by atomic mass is 9.92. The van der Waals surface area contributed by atoms with Crippen LogP contribution < -0.4 is 19.5 Å². The summed E-state index contributed by atoms with van der Waals surface area (Å²) in [5, 5.41) is 3.14. The molecule has 0 aliphatic carbocycles. The number of amides is 1. The number of hydrogen-bond acceptors (Lipinski definition) is 4. The molecular formula is C23H31NO4. The number of hydrogen-bond donors (Lipinski definition) is 1. The van der Waals surface area contributed by atoms with Gasteiger partial charge in [-0.05, 0) is 40.7 Å². The third kappa shape index (κ3) is 4.77. The van der Waals surface area contributed by atoms with Gasteiger partial charge in [0.2, 0.25) is 11.7 Å². The number of carbonyl (C=O) groups excluding carboxylic acids is 1. The van der Waals surface area contributed by atoms with Crippen LogP contribution in [-0.4, -0.2) is 27.2 Å². The molecule has 0 fully saturated rings. The molecule has 1 N–H and O–H groups in total. The summed E-state index contributed by atoms with van der Waals surface area (Å²) in [4.78, 5) is 12.9. The lowest BCUT2D eigenvalue weighted by Gasteiger charge is -2.20. The highest BCUT2D eigenvalue weighted by Crippen LogP contribution is 2.38. The van der Waals surface area contributed by atoms with Crippen LogP contribution in [0, 0.1) is 0 Å². The molecule has 0 aliphatic rings. The van der Waals surface area contributed by atoms with E-state index in [-0.39, 0.29) is 12.3 Å². The molecule has 5 nitrogen and oxygen atoms in total. The molecule has 0 bridgehead atoms. The summed E-state index contributed by atoms with van der Waals surface area (Å²) >= 11 is 0. The van der Waals surface area contributed by atoms with E-state index in [4.69, 9.17) is 14.2 Å². The van der Waals surface area contributed by atoms with Gasteiger partial charge in [0.1, 0.15) is 0 Å². The van der Waals surface area contributed by atoms with Crippen LogP contribution in [0.2, 0.25) is 0 Å². The van der Waals surface area contributed by atoms with Crippen LogP contribution in [0.1, 0.15) is 56.2 Å². The first-order valence-corrected chi connectivity index (χ1v) is 9.53. The molecule has 0 heterocycles. The number of rotatable bonds is 8. The first-order chi connectivity index (χ1) is 13.3. The number of anilines is 1. The first kappa shape index (κ1) is 21.6. The minimum atomic E-state index is -0.0794. The van der Waals surface area contributed by atoms with Crippen molar-refractivity contribution >= 4 is 11.6 Å². The number of methoxy groups -OCH3 is 3. The summed E-state index contributed by atoms with van der Waals surface area (Å²) in [6.07, 6.45) is 0.209. The van der Waals surface area contributed by atoms with Crippen LogP contribution in [0.15, 0.2) is 30.3 Å². The van der Waals surface area contributed by atoms with Gasteiger partial charge >= 0.3 is 0 Å². The van der Waals surface area contributed by atoms with E-state index >= 15 is 0 Å². The topological polar surface area (TPSA) is 56.8 Å². The Hall–Kier alpha value is -2.69. The van der Waals surface area contributed by atoms with Crippen molar-refractivity contribution in [3.05, 3.63) is 47.0 Å². The SMILES string of the molecule is COc1cc(CC(=O)Nc2c(C(C)C)cccc2C(C)C)cc(OC)c1OC. The van der Waals surface area contributed by atoms with Crippen molar-refractivity contribution in [3.8, 4) is 17.2 Å². The molecule has 0 aliphatic heterocycles. The highest BCUT2D eigenvalue weighted by atomic mass is 16.5. The maximum atomic E-state index is 12.9. The van der Waals surface area contributed by atoms with E-state index in [9.17, 15) is 4.79 Å². The molecular weight excluding hydrogens is 354 g/mol. The number of nitrogens with one attached hydrogen (secondary N) is 1. The molecule has 1 amide bonds. The lowest BCUT2D eigenvalue weighted by molar-refractivity contribution is -0.115. The maximum absolute atomic E-state index is 12.9. The van der Waals surface area contributed by atoms with Gasteiger partial charge < -0.3 is 19.5 Å². The van der Waals surface area contributed by atoms with Gasteiger partial charge in [-0.2, -0.15) is 0 Å². The molecule has 2 aromatic carbocycles. The summed E-state index contributed by atoms with van der Waals surface area (Å²) in [6, 6.07) is 9.81. The average molecular weight is 386 g/mol. The molecule has 0 radical (unpaired) electrons. The highest BCUT2D eigenvalue weighted by Gasteiger charge is 2.18. The van der Waals surface area contributed by atoms with Gasteiger partial charge in [0.05, 0.1) is 27.8 Å². The summed E-state index contributed by atoms with van der Waals surface area (Å²) in [7, 11) is 4.69. The van der Waals surface area contributed by atoms with Gasteiger partial charge in [0.15, 0.2) is 11.5 Å². The molecule has 0 aromatic heterocycles. The van der Waals surface area contributed by atoms with E-state index in [0.717, 1.165) is 22.4 Å². The third-order valence-corrected chi connectivity index (χ3v) is 4.73. The minimum absolute atomic E-state index is 0.0794. The fourth-order valence-electron chi connectivity index (χ4n) is 3.30. The quantitative estimate of drug-likeness (QED) is 0.683. The van der Waals surface area contributed by atoms with E-state index in [0.29, 0.717) is 29.1 Å². The summed E-state index contributed by atoms with van der Waals surface area (Å²) in [6.45, 7) is 8.53. The zero-order valence-electron chi connectivity index (χ0n) is 17.9. The zero-order chi connectivity index (χ0) is 20.8. The second-order valence-corrected chi connectivity index (χ2v) is 7.38. The number of benzene rings is 2. The monoisotopic (exact) mass is 385 g/mol. The van der Waals surface area contributed by atoms with E-state index in [2.05, 4.69) is 51.2 Å². The Morgan fingerprint density at radius 2 is 1.39 bits per heavy atom. The summed E-state index contributed by atoms with van der Waals surface area (Å²) in [5.41, 5.74) is 4.00. The second kappa shape index (κ2) is 9.49. The third-order valence-electron chi connectivity index (χ3n) is 4.73. The number of para-hydroxylation sites is 1. The number of ether oxygens (including phenoxy) is 3. The van der Waals surface area contributed by atoms with Crippen molar-refractivity contribution in [3.63, 3.8) is 0 Å². The molecule has 0 saturated carbocycles. The Morgan fingerprint density at radius 1 is 0.893 bits per heavy atom. The summed E-state index contributed by atoms with van der Waals surface area (Å²) in [5.74, 6) is 2.14. The van der Waals surface area contributed by atoms with E-state index in [1.165, 1.54) is 0 Å². The molecule has 5 heteroatoms. The predicted molar refractivity (Wildman–Crippen MR) is 113 cm³/mol. The largest absolute Gasteiger partial charge is 0.493 e. The highest BCUT2D eigenvalue weighted by molar-refractivity contribution is 5.94. The summed E-state index contributed by atoms with van der Waals surface area (Å²) < 4.78 is 16.1. The Balaban J connectivity index is 2.33. The van der Waals surface area contributed by atoms with Crippen molar-refractivity contribution in [1.29, 1.82) is 0 Å². The van der Waals surface area contributed by atoms with E-state index in [1.807, 2.05) is 0 Å². The van der Waals surface area contributed by atoms with Crippen molar-refractivity contribution in [2.75, 3.05) is 26.6 Å². The van der Waals surface area contributed by atoms with Crippen LogP contribution in [0.4, 0.5) is 5.69 Å². The van der Waals surface area contributed by atoms with Crippen LogP contribution in [-0.2, 0) is 11.2 Å². The molecule has 0 unspecified atom stereocenters. The van der Waals surface area contributed by atoms with E-state index in [1.54, 1.807) is 33.5 Å². The lowest BCUT2D eigenvalue weighted by Crippen LogP contribution is -2.18. The van der Waals surface area contributed by atoms with Gasteiger partial charge in [-0.1, -0.05) is 45.9 Å². The average Bonchev–Trinajstić information content (AvgIpc) is 2.66. The first-order valence-electron chi connectivity index (χ1n) is 9.53. The molecule has 0 atom stereocenters. The molecule has 0 saturated heterocycles. The van der Waals surface area contributed by atoms with Crippen molar-refractivity contribution in [2.45, 2.75) is 46.0 Å². The van der Waals surface area contributed by atoms with Gasteiger partial charge in [0.25, 0.3) is 0 Å². The zero-order valence-corrected chi connectivity index (χ0v) is 17.9. The Kier molecular flexibility index (Phi) is 7.32. The van der Waals surface area contributed by atoms with Crippen molar-refractivity contribution < 1.29 is 19.0 Å². The Morgan fingerprint density at radius 3 is 1.79 bits per heavy atom. The molecule has 0 spiro atoms.